The van der Waals surface area contributed by atoms with Crippen LogP contribution in [-0.4, -0.2) is 13.3 Å². The maximum Gasteiger partial charge on any atom is 0.143 e. The number of rotatable bonds is 4. The van der Waals surface area contributed by atoms with Crippen LogP contribution in [0.5, 0.6) is 0 Å². The van der Waals surface area contributed by atoms with Gasteiger partial charge < -0.3 is 4.90 Å². The van der Waals surface area contributed by atoms with E-state index in [9.17, 15) is 4.79 Å². The van der Waals surface area contributed by atoms with Crippen molar-refractivity contribution >= 4 is 12.0 Å². The van der Waals surface area contributed by atoms with Crippen molar-refractivity contribution < 1.29 is 4.79 Å². The van der Waals surface area contributed by atoms with Gasteiger partial charge in [0.05, 0.1) is 0 Å². The Morgan fingerprint density at radius 1 is 1.14 bits per heavy atom. The minimum absolute atomic E-state index is 0.00668. The van der Waals surface area contributed by atoms with E-state index in [1.807, 2.05) is 31.2 Å². The van der Waals surface area contributed by atoms with Gasteiger partial charge in [-0.3, -0.25) is 4.79 Å². The van der Waals surface area contributed by atoms with Gasteiger partial charge >= 0.3 is 0 Å². The van der Waals surface area contributed by atoms with Crippen molar-refractivity contribution in [1.82, 2.24) is 0 Å². The molecule has 22 heavy (non-hydrogen) atoms. The monoisotopic (exact) mass is 293 g/mol. The molecule has 2 rings (SSSR count). The number of likely N-dealkylation sites (N-methyl/N-ethyl adjacent to an activating group) is 1. The summed E-state index contributed by atoms with van der Waals surface area (Å²) in [6.07, 6.45) is 12.4. The molecule has 0 saturated heterocycles. The first-order chi connectivity index (χ1) is 10.5. The largest absolute Gasteiger partial charge is 0.347 e. The van der Waals surface area contributed by atoms with Gasteiger partial charge in [0.2, 0.25) is 0 Å². The summed E-state index contributed by atoms with van der Waals surface area (Å²) in [5.74, 6) is 0. The van der Waals surface area contributed by atoms with Gasteiger partial charge in [0.1, 0.15) is 6.29 Å². The fourth-order valence-corrected chi connectivity index (χ4v) is 2.88. The van der Waals surface area contributed by atoms with Crippen LogP contribution < -0.4 is 4.90 Å². The smallest absolute Gasteiger partial charge is 0.143 e. The Kier molecular flexibility index (Phi) is 4.81. The maximum atomic E-state index is 10.4. The van der Waals surface area contributed by atoms with Crippen LogP contribution in [0.25, 0.3) is 0 Å². The molecular formula is C20H23NO. The molecule has 0 radical (unpaired) electrons. The van der Waals surface area contributed by atoms with Crippen LogP contribution in [0.15, 0.2) is 72.0 Å². The minimum atomic E-state index is 0.00668. The minimum Gasteiger partial charge on any atom is -0.347 e. The lowest BCUT2D eigenvalue weighted by molar-refractivity contribution is -0.104. The Morgan fingerprint density at radius 2 is 1.86 bits per heavy atom. The van der Waals surface area contributed by atoms with E-state index in [0.29, 0.717) is 0 Å². The molecule has 2 heteroatoms. The summed E-state index contributed by atoms with van der Waals surface area (Å²) < 4.78 is 0. The van der Waals surface area contributed by atoms with Crippen molar-refractivity contribution in [2.45, 2.75) is 26.2 Å². The summed E-state index contributed by atoms with van der Waals surface area (Å²) in [6.45, 7) is 6.41. The molecule has 114 valence electrons. The molecule has 1 aliphatic rings. The Morgan fingerprint density at radius 3 is 2.55 bits per heavy atom. The number of benzene rings is 1. The molecule has 1 aromatic rings. The molecule has 0 aromatic heterocycles. The van der Waals surface area contributed by atoms with Gasteiger partial charge in [-0.25, -0.2) is 0 Å². The van der Waals surface area contributed by atoms with Crippen molar-refractivity contribution in [1.29, 1.82) is 0 Å². The number of hydrogen-bond donors (Lipinski definition) is 0. The van der Waals surface area contributed by atoms with E-state index in [4.69, 9.17) is 0 Å². The highest BCUT2D eigenvalue weighted by Gasteiger charge is 2.37. The number of aldehydes is 1. The summed E-state index contributed by atoms with van der Waals surface area (Å²) in [7, 11) is 2.11. The van der Waals surface area contributed by atoms with Crippen molar-refractivity contribution in [3.05, 3.63) is 77.6 Å². The first kappa shape index (κ1) is 16.0. The number of anilines is 1. The van der Waals surface area contributed by atoms with Gasteiger partial charge in [-0.2, -0.15) is 0 Å². The normalized spacial score (nSPS) is 19.4. The number of allylic oxidation sites excluding steroid dienone is 8. The second-order valence-corrected chi connectivity index (χ2v) is 6.04. The lowest BCUT2D eigenvalue weighted by atomic mass is 9.84. The molecule has 0 aliphatic carbocycles. The first-order valence-electron chi connectivity index (χ1n) is 7.49. The average molecular weight is 293 g/mol. The lowest BCUT2D eigenvalue weighted by Crippen LogP contribution is -2.22. The number of hydrogen-bond acceptors (Lipinski definition) is 2. The Bertz CT molecular complexity index is 675. The van der Waals surface area contributed by atoms with Gasteiger partial charge in [-0.15, -0.1) is 0 Å². The van der Waals surface area contributed by atoms with E-state index in [0.717, 1.165) is 11.9 Å². The van der Waals surface area contributed by atoms with Crippen molar-refractivity contribution in [2.75, 3.05) is 11.9 Å². The van der Waals surface area contributed by atoms with Gasteiger partial charge in [-0.05, 0) is 36.3 Å². The summed E-state index contributed by atoms with van der Waals surface area (Å²) in [5.41, 5.74) is 4.86. The molecule has 0 fully saturated rings. The summed E-state index contributed by atoms with van der Waals surface area (Å²) >= 11 is 0. The van der Waals surface area contributed by atoms with E-state index in [1.165, 1.54) is 16.9 Å². The van der Waals surface area contributed by atoms with Crippen molar-refractivity contribution in [3.63, 3.8) is 0 Å². The van der Waals surface area contributed by atoms with Crippen LogP contribution >= 0.6 is 0 Å². The van der Waals surface area contributed by atoms with Crippen LogP contribution in [-0.2, 0) is 10.2 Å². The summed E-state index contributed by atoms with van der Waals surface area (Å²) in [6, 6.07) is 8.53. The fourth-order valence-electron chi connectivity index (χ4n) is 2.88. The average Bonchev–Trinajstić information content (AvgIpc) is 2.68. The van der Waals surface area contributed by atoms with E-state index in [2.05, 4.69) is 56.1 Å². The quantitative estimate of drug-likeness (QED) is 0.461. The van der Waals surface area contributed by atoms with E-state index in [1.54, 1.807) is 6.08 Å². The SMILES string of the molecule is CC(C=CC=CC=C1N(C)c2ccccc2C1(C)C)=CC=O. The summed E-state index contributed by atoms with van der Waals surface area (Å²) in [5, 5.41) is 0. The number of para-hydroxylation sites is 1. The molecule has 0 saturated carbocycles. The molecular weight excluding hydrogens is 270 g/mol. The molecule has 0 amide bonds. The van der Waals surface area contributed by atoms with Crippen LogP contribution in [0.4, 0.5) is 5.69 Å². The number of carbonyl (C=O) groups excluding carboxylic acids is 1. The Hall–Kier alpha value is -2.35. The first-order valence-corrected chi connectivity index (χ1v) is 7.49. The number of fused-ring (bicyclic) bond motifs is 1. The molecule has 0 N–H and O–H groups in total. The lowest BCUT2D eigenvalue weighted by Gasteiger charge is -2.23. The highest BCUT2D eigenvalue weighted by molar-refractivity contribution is 5.70. The van der Waals surface area contributed by atoms with Crippen LogP contribution in [0.2, 0.25) is 0 Å². The van der Waals surface area contributed by atoms with Crippen LogP contribution in [0, 0.1) is 0 Å². The zero-order valence-electron chi connectivity index (χ0n) is 13.7. The van der Waals surface area contributed by atoms with E-state index >= 15 is 0 Å². The second-order valence-electron chi connectivity index (χ2n) is 6.04. The van der Waals surface area contributed by atoms with E-state index in [-0.39, 0.29) is 5.41 Å². The van der Waals surface area contributed by atoms with Crippen molar-refractivity contribution in [2.24, 2.45) is 0 Å². The molecule has 0 bridgehead atoms. The van der Waals surface area contributed by atoms with Crippen molar-refractivity contribution in [3.8, 4) is 0 Å². The molecule has 1 aliphatic heterocycles. The third-order valence-corrected chi connectivity index (χ3v) is 4.11. The van der Waals surface area contributed by atoms with Gasteiger partial charge in [0.15, 0.2) is 0 Å². The van der Waals surface area contributed by atoms with Gasteiger partial charge in [-0.1, -0.05) is 56.4 Å². The molecule has 0 atom stereocenters. The molecule has 1 aromatic carbocycles. The predicted molar refractivity (Wildman–Crippen MR) is 94.1 cm³/mol. The molecule has 2 nitrogen and oxygen atoms in total. The van der Waals surface area contributed by atoms with Crippen LogP contribution in [0.3, 0.4) is 0 Å². The second kappa shape index (κ2) is 6.61. The molecule has 0 spiro atoms. The van der Waals surface area contributed by atoms with Gasteiger partial charge in [0.25, 0.3) is 0 Å². The Labute approximate surface area is 133 Å². The summed E-state index contributed by atoms with van der Waals surface area (Å²) in [4.78, 5) is 12.6. The zero-order valence-corrected chi connectivity index (χ0v) is 13.7. The topological polar surface area (TPSA) is 20.3 Å². The Balaban J connectivity index is 2.20. The standard InChI is InChI=1S/C20H23NO/c1-16(14-15-22)10-6-5-7-13-19-20(2,3)17-11-8-9-12-18(17)21(19)4/h5-15H,1-4H3. The maximum absolute atomic E-state index is 10.4. The zero-order chi connectivity index (χ0) is 16.2. The third kappa shape index (κ3) is 3.11. The number of nitrogens with zero attached hydrogens (tertiary/aromatic N) is 1. The third-order valence-electron chi connectivity index (χ3n) is 4.11. The van der Waals surface area contributed by atoms with Crippen LogP contribution in [0.1, 0.15) is 26.3 Å². The fraction of sp³-hybridized carbons (Fsp3) is 0.250. The highest BCUT2D eigenvalue weighted by atomic mass is 16.1. The molecule has 0 unspecified atom stereocenters. The predicted octanol–water partition coefficient (Wildman–Crippen LogP) is 4.56. The molecule has 1 heterocycles. The van der Waals surface area contributed by atoms with Gasteiger partial charge in [0, 0.05) is 23.8 Å². The highest BCUT2D eigenvalue weighted by Crippen LogP contribution is 2.46. The van der Waals surface area contributed by atoms with E-state index < -0.39 is 0 Å². The number of carbonyl (C=O) groups is 1.